The van der Waals surface area contributed by atoms with Crippen LogP contribution >= 0.6 is 0 Å². The minimum absolute atomic E-state index is 0.471. The number of hydrogen-bond acceptors (Lipinski definition) is 2. The number of hydrogen-bond donors (Lipinski definition) is 0. The van der Waals surface area contributed by atoms with E-state index in [1.54, 1.807) is 0 Å². The molecule has 0 spiro atoms. The zero-order valence-electron chi connectivity index (χ0n) is 18.0. The first-order valence-corrected chi connectivity index (χ1v) is 10.9. The zero-order valence-corrected chi connectivity index (χ0v) is 18.0. The Morgan fingerprint density at radius 1 is 0.967 bits per heavy atom. The fraction of sp³-hybridized carbons (Fsp3) is 0.333. The van der Waals surface area contributed by atoms with Crippen molar-refractivity contribution in [2.75, 3.05) is 0 Å². The summed E-state index contributed by atoms with van der Waals surface area (Å²) in [6.45, 7) is 4.29. The number of rotatable bonds is 2. The van der Waals surface area contributed by atoms with E-state index < -0.39 is 0 Å². The summed E-state index contributed by atoms with van der Waals surface area (Å²) >= 11 is 0. The van der Waals surface area contributed by atoms with Crippen molar-refractivity contribution in [2.45, 2.75) is 51.9 Å². The number of pyridine rings is 1. The Balaban J connectivity index is 1.85. The van der Waals surface area contributed by atoms with Crippen LogP contribution in [-0.4, -0.2) is 0 Å². The van der Waals surface area contributed by atoms with Gasteiger partial charge in [-0.3, -0.25) is 0 Å². The lowest BCUT2D eigenvalue weighted by atomic mass is 9.79. The molecule has 0 unspecified atom stereocenters. The van der Waals surface area contributed by atoms with E-state index >= 15 is 0 Å². The molecule has 1 aliphatic rings. The van der Waals surface area contributed by atoms with E-state index in [0.717, 1.165) is 38.8 Å². The molecular formula is C27H27N2O+. The molecule has 3 nitrogen and oxygen atoms in total. The molecule has 150 valence electrons. The number of aromatic nitrogens is 1. The van der Waals surface area contributed by atoms with Crippen molar-refractivity contribution in [2.24, 2.45) is 7.05 Å². The van der Waals surface area contributed by atoms with Gasteiger partial charge in [-0.2, -0.15) is 5.26 Å². The van der Waals surface area contributed by atoms with E-state index in [4.69, 9.17) is 4.42 Å². The molecule has 0 radical (unpaired) electrons. The lowest BCUT2D eigenvalue weighted by Crippen LogP contribution is -2.30. The molecule has 0 bridgehead atoms. The summed E-state index contributed by atoms with van der Waals surface area (Å²) in [5, 5.41) is 12.3. The van der Waals surface area contributed by atoms with Gasteiger partial charge < -0.3 is 4.42 Å². The molecule has 2 aromatic heterocycles. The fourth-order valence-corrected chi connectivity index (χ4v) is 5.35. The lowest BCUT2D eigenvalue weighted by Gasteiger charge is -2.24. The third kappa shape index (κ3) is 2.82. The van der Waals surface area contributed by atoms with Gasteiger partial charge in [-0.15, -0.1) is 0 Å². The Morgan fingerprint density at radius 2 is 1.77 bits per heavy atom. The van der Waals surface area contributed by atoms with Crippen LogP contribution in [-0.2, 0) is 7.05 Å². The summed E-state index contributed by atoms with van der Waals surface area (Å²) < 4.78 is 8.67. The van der Waals surface area contributed by atoms with Crippen molar-refractivity contribution in [3.63, 3.8) is 0 Å². The van der Waals surface area contributed by atoms with E-state index in [0.29, 0.717) is 5.92 Å². The first kappa shape index (κ1) is 18.9. The standard InChI is InChI=1S/C27H27N2O/c1-17-12-13-20-21-15-18(2)24(19-9-5-4-6-10-19)22(16-28)26(21)30-27(20)25(17)23-11-7-8-14-29(23)3/h7-8,11-15,19H,4-6,9-10H2,1-3H3/q+1. The van der Waals surface area contributed by atoms with Crippen LogP contribution in [0.1, 0.15) is 60.3 Å². The number of nitriles is 1. The van der Waals surface area contributed by atoms with Gasteiger partial charge in [-0.05, 0) is 61.4 Å². The van der Waals surface area contributed by atoms with Crippen LogP contribution in [0.25, 0.3) is 33.2 Å². The Bertz CT molecular complexity index is 1320. The monoisotopic (exact) mass is 395 g/mol. The lowest BCUT2D eigenvalue weighted by molar-refractivity contribution is -0.660. The zero-order chi connectivity index (χ0) is 20.8. The minimum Gasteiger partial charge on any atom is -0.454 e. The number of benzene rings is 2. The molecule has 5 rings (SSSR count). The number of furan rings is 1. The van der Waals surface area contributed by atoms with Crippen molar-refractivity contribution < 1.29 is 8.98 Å². The van der Waals surface area contributed by atoms with Gasteiger partial charge in [-0.25, -0.2) is 4.57 Å². The summed E-state index contributed by atoms with van der Waals surface area (Å²) in [4.78, 5) is 0. The van der Waals surface area contributed by atoms with Crippen molar-refractivity contribution in [1.82, 2.24) is 0 Å². The van der Waals surface area contributed by atoms with E-state index in [1.165, 1.54) is 48.8 Å². The normalized spacial score (nSPS) is 15.0. The van der Waals surface area contributed by atoms with Gasteiger partial charge in [0.05, 0.1) is 11.1 Å². The highest BCUT2D eigenvalue weighted by molar-refractivity contribution is 6.11. The molecule has 0 amide bonds. The van der Waals surface area contributed by atoms with Crippen LogP contribution in [0.3, 0.4) is 0 Å². The molecule has 30 heavy (non-hydrogen) atoms. The van der Waals surface area contributed by atoms with Crippen LogP contribution in [0.5, 0.6) is 0 Å². The van der Waals surface area contributed by atoms with Crippen LogP contribution < -0.4 is 4.57 Å². The Morgan fingerprint density at radius 3 is 2.50 bits per heavy atom. The summed E-state index contributed by atoms with van der Waals surface area (Å²) in [5.74, 6) is 0.471. The Kier molecular flexibility index (Phi) is 4.59. The number of nitrogens with zero attached hydrogens (tertiary/aromatic N) is 2. The van der Waals surface area contributed by atoms with Gasteiger partial charge in [0, 0.05) is 22.9 Å². The van der Waals surface area contributed by atoms with Crippen LogP contribution in [0, 0.1) is 25.2 Å². The van der Waals surface area contributed by atoms with Crippen LogP contribution in [0.4, 0.5) is 0 Å². The predicted octanol–water partition coefficient (Wildman–Crippen LogP) is 6.61. The summed E-state index contributed by atoms with van der Waals surface area (Å²) in [7, 11) is 2.06. The topological polar surface area (TPSA) is 40.8 Å². The van der Waals surface area contributed by atoms with E-state index in [1.807, 2.05) is 6.07 Å². The second kappa shape index (κ2) is 7.29. The maximum Gasteiger partial charge on any atom is 0.216 e. The summed E-state index contributed by atoms with van der Waals surface area (Å²) in [5.41, 5.74) is 8.20. The average Bonchev–Trinajstić information content (AvgIpc) is 3.12. The molecule has 1 saturated carbocycles. The average molecular weight is 396 g/mol. The second-order valence-electron chi connectivity index (χ2n) is 8.74. The predicted molar refractivity (Wildman–Crippen MR) is 120 cm³/mol. The number of fused-ring (bicyclic) bond motifs is 3. The Labute approximate surface area is 177 Å². The van der Waals surface area contributed by atoms with Gasteiger partial charge >= 0.3 is 0 Å². The summed E-state index contributed by atoms with van der Waals surface area (Å²) in [6.07, 6.45) is 8.21. The van der Waals surface area contributed by atoms with Gasteiger partial charge in [0.15, 0.2) is 11.8 Å². The molecule has 2 heterocycles. The largest absolute Gasteiger partial charge is 0.454 e. The maximum atomic E-state index is 10.2. The third-order valence-electron chi connectivity index (χ3n) is 6.82. The highest BCUT2D eigenvalue weighted by Gasteiger charge is 2.26. The molecule has 0 N–H and O–H groups in total. The summed E-state index contributed by atoms with van der Waals surface area (Å²) in [6, 6.07) is 15.3. The molecule has 0 atom stereocenters. The maximum absolute atomic E-state index is 10.2. The van der Waals surface area contributed by atoms with E-state index in [2.05, 4.69) is 68.1 Å². The van der Waals surface area contributed by atoms with Crippen molar-refractivity contribution in [3.8, 4) is 17.3 Å². The molecule has 0 aliphatic heterocycles. The highest BCUT2D eigenvalue weighted by atomic mass is 16.3. The van der Waals surface area contributed by atoms with E-state index in [-0.39, 0.29) is 0 Å². The van der Waals surface area contributed by atoms with Gasteiger partial charge in [-0.1, -0.05) is 31.4 Å². The fourth-order valence-electron chi connectivity index (χ4n) is 5.35. The quantitative estimate of drug-likeness (QED) is 0.358. The first-order valence-electron chi connectivity index (χ1n) is 10.9. The van der Waals surface area contributed by atoms with E-state index in [9.17, 15) is 5.26 Å². The second-order valence-corrected chi connectivity index (χ2v) is 8.74. The number of aryl methyl sites for hydroxylation is 3. The first-order chi connectivity index (χ1) is 14.6. The molecule has 1 fully saturated rings. The molecule has 2 aromatic carbocycles. The molecular weight excluding hydrogens is 368 g/mol. The minimum atomic E-state index is 0.471. The van der Waals surface area contributed by atoms with Gasteiger partial charge in [0.1, 0.15) is 18.7 Å². The highest BCUT2D eigenvalue weighted by Crippen LogP contribution is 2.43. The van der Waals surface area contributed by atoms with Crippen LogP contribution in [0.2, 0.25) is 0 Å². The smallest absolute Gasteiger partial charge is 0.216 e. The van der Waals surface area contributed by atoms with Gasteiger partial charge in [0.25, 0.3) is 0 Å². The molecule has 0 saturated heterocycles. The van der Waals surface area contributed by atoms with Crippen LogP contribution in [0.15, 0.2) is 47.0 Å². The Hall–Kier alpha value is -3.12. The SMILES string of the molecule is Cc1cc2c(oc3c(-c4cccc[n+]4C)c(C)ccc32)c(C#N)c1C1CCCCC1. The van der Waals surface area contributed by atoms with Crippen molar-refractivity contribution >= 4 is 21.9 Å². The molecule has 4 aromatic rings. The van der Waals surface area contributed by atoms with Crippen molar-refractivity contribution in [1.29, 1.82) is 5.26 Å². The molecule has 1 aliphatic carbocycles. The third-order valence-corrected chi connectivity index (χ3v) is 6.82. The molecule has 3 heteroatoms. The van der Waals surface area contributed by atoms with Crippen molar-refractivity contribution in [3.05, 3.63) is 64.8 Å². The van der Waals surface area contributed by atoms with Gasteiger partial charge in [0.2, 0.25) is 5.69 Å².